The number of benzene rings is 1. The highest BCUT2D eigenvalue weighted by Gasteiger charge is 2.14. The molecule has 3 aromatic rings. The molecule has 0 saturated carbocycles. The van der Waals surface area contributed by atoms with Crippen molar-refractivity contribution >= 4 is 17.5 Å². The molecule has 0 fully saturated rings. The van der Waals surface area contributed by atoms with Crippen LogP contribution < -0.4 is 20.1 Å². The van der Waals surface area contributed by atoms with Crippen LogP contribution in [0.25, 0.3) is 11.3 Å². The van der Waals surface area contributed by atoms with Gasteiger partial charge in [-0.1, -0.05) is 0 Å². The van der Waals surface area contributed by atoms with Crippen molar-refractivity contribution < 1.29 is 9.47 Å². The number of ether oxygens (including phenoxy) is 2. The standard InChI is InChI=1S/C18H17N5O2/c1-2-20-18-22-14(12-4-3-7-19-10-12)9-17(23-18)21-13-5-6-15-16(8-13)25-11-24-15/h3-10H,2,11H2,1H3,(H2,20,21,22,23). The molecule has 0 atom stereocenters. The van der Waals surface area contributed by atoms with Crippen LogP contribution >= 0.6 is 0 Å². The molecule has 1 aliphatic heterocycles. The molecule has 7 nitrogen and oxygen atoms in total. The van der Waals surface area contributed by atoms with Crippen LogP contribution in [0.3, 0.4) is 0 Å². The van der Waals surface area contributed by atoms with Gasteiger partial charge in [0.2, 0.25) is 12.7 Å². The van der Waals surface area contributed by atoms with Crippen LogP contribution in [0.1, 0.15) is 6.92 Å². The van der Waals surface area contributed by atoms with Gasteiger partial charge in [0.05, 0.1) is 5.69 Å². The Hall–Kier alpha value is -3.35. The van der Waals surface area contributed by atoms with Gasteiger partial charge in [-0.3, -0.25) is 4.98 Å². The summed E-state index contributed by atoms with van der Waals surface area (Å²) in [6.07, 6.45) is 3.52. The lowest BCUT2D eigenvalue weighted by Crippen LogP contribution is -2.05. The van der Waals surface area contributed by atoms with Gasteiger partial charge >= 0.3 is 0 Å². The zero-order valence-electron chi connectivity index (χ0n) is 13.7. The second kappa shape index (κ2) is 6.64. The second-order valence-electron chi connectivity index (χ2n) is 5.43. The Balaban J connectivity index is 1.67. The van der Waals surface area contributed by atoms with Gasteiger partial charge in [-0.2, -0.15) is 4.98 Å². The van der Waals surface area contributed by atoms with Crippen LogP contribution in [0.2, 0.25) is 0 Å². The van der Waals surface area contributed by atoms with Crippen LogP contribution in [-0.2, 0) is 0 Å². The smallest absolute Gasteiger partial charge is 0.231 e. The minimum atomic E-state index is 0.252. The number of fused-ring (bicyclic) bond motifs is 1. The summed E-state index contributed by atoms with van der Waals surface area (Å²) in [7, 11) is 0. The van der Waals surface area contributed by atoms with Crippen molar-refractivity contribution in [1.82, 2.24) is 15.0 Å². The van der Waals surface area contributed by atoms with E-state index in [1.165, 1.54) is 0 Å². The number of pyridine rings is 1. The first-order valence-corrected chi connectivity index (χ1v) is 8.02. The van der Waals surface area contributed by atoms with E-state index >= 15 is 0 Å². The number of anilines is 3. The molecular weight excluding hydrogens is 318 g/mol. The molecule has 0 radical (unpaired) electrons. The van der Waals surface area contributed by atoms with Crippen LogP contribution in [0, 0.1) is 0 Å². The molecule has 4 rings (SSSR count). The lowest BCUT2D eigenvalue weighted by molar-refractivity contribution is 0.174. The Morgan fingerprint density at radius 1 is 1.08 bits per heavy atom. The number of nitrogens with zero attached hydrogens (tertiary/aromatic N) is 3. The van der Waals surface area contributed by atoms with E-state index < -0.39 is 0 Å². The Morgan fingerprint density at radius 3 is 2.84 bits per heavy atom. The van der Waals surface area contributed by atoms with Crippen molar-refractivity contribution in [3.63, 3.8) is 0 Å². The van der Waals surface area contributed by atoms with E-state index in [9.17, 15) is 0 Å². The topological polar surface area (TPSA) is 81.2 Å². The van der Waals surface area contributed by atoms with Crippen molar-refractivity contribution in [3.05, 3.63) is 48.8 Å². The predicted molar refractivity (Wildman–Crippen MR) is 95.3 cm³/mol. The van der Waals surface area contributed by atoms with Gasteiger partial charge in [0.15, 0.2) is 11.5 Å². The summed E-state index contributed by atoms with van der Waals surface area (Å²) >= 11 is 0. The quantitative estimate of drug-likeness (QED) is 0.739. The minimum absolute atomic E-state index is 0.252. The maximum atomic E-state index is 5.42. The third kappa shape index (κ3) is 3.30. The van der Waals surface area contributed by atoms with E-state index in [1.54, 1.807) is 12.4 Å². The van der Waals surface area contributed by atoms with Gasteiger partial charge < -0.3 is 20.1 Å². The summed E-state index contributed by atoms with van der Waals surface area (Å²) in [4.78, 5) is 13.2. The number of aromatic nitrogens is 3. The average molecular weight is 335 g/mol. The van der Waals surface area contributed by atoms with Gasteiger partial charge in [-0.25, -0.2) is 4.98 Å². The molecule has 0 spiro atoms. The Bertz CT molecular complexity index is 886. The molecule has 0 bridgehead atoms. The number of hydrogen-bond acceptors (Lipinski definition) is 7. The number of hydrogen-bond donors (Lipinski definition) is 2. The Morgan fingerprint density at radius 2 is 2.00 bits per heavy atom. The van der Waals surface area contributed by atoms with Crippen LogP contribution in [0.5, 0.6) is 11.5 Å². The fourth-order valence-corrected chi connectivity index (χ4v) is 2.53. The first kappa shape index (κ1) is 15.2. The molecule has 0 aliphatic carbocycles. The zero-order valence-corrected chi connectivity index (χ0v) is 13.7. The molecule has 7 heteroatoms. The van der Waals surface area contributed by atoms with Crippen molar-refractivity contribution in [2.24, 2.45) is 0 Å². The maximum Gasteiger partial charge on any atom is 0.231 e. The number of nitrogens with one attached hydrogen (secondary N) is 2. The summed E-state index contributed by atoms with van der Waals surface area (Å²) in [6, 6.07) is 11.4. The molecular formula is C18H17N5O2. The average Bonchev–Trinajstić information content (AvgIpc) is 3.10. The SMILES string of the molecule is CCNc1nc(Nc2ccc3c(c2)OCO3)cc(-c2cccnc2)n1. The normalized spacial score (nSPS) is 12.0. The highest BCUT2D eigenvalue weighted by Crippen LogP contribution is 2.35. The largest absolute Gasteiger partial charge is 0.454 e. The summed E-state index contributed by atoms with van der Waals surface area (Å²) in [5, 5.41) is 6.45. The molecule has 1 aromatic carbocycles. The van der Waals surface area contributed by atoms with Crippen molar-refractivity contribution in [3.8, 4) is 22.8 Å². The molecule has 3 heterocycles. The first-order chi connectivity index (χ1) is 12.3. The first-order valence-electron chi connectivity index (χ1n) is 8.02. The van der Waals surface area contributed by atoms with Gasteiger partial charge in [0.25, 0.3) is 0 Å². The van der Waals surface area contributed by atoms with E-state index in [4.69, 9.17) is 9.47 Å². The Kier molecular flexibility index (Phi) is 4.04. The monoisotopic (exact) mass is 335 g/mol. The molecule has 126 valence electrons. The predicted octanol–water partition coefficient (Wildman–Crippen LogP) is 3.44. The molecule has 2 aromatic heterocycles. The third-order valence-electron chi connectivity index (χ3n) is 3.66. The summed E-state index contributed by atoms with van der Waals surface area (Å²) in [6.45, 7) is 2.99. The van der Waals surface area contributed by atoms with E-state index in [-0.39, 0.29) is 6.79 Å². The van der Waals surface area contributed by atoms with Gasteiger partial charge in [0, 0.05) is 42.3 Å². The fraction of sp³-hybridized carbons (Fsp3) is 0.167. The van der Waals surface area contributed by atoms with Crippen LogP contribution in [0.4, 0.5) is 17.5 Å². The van der Waals surface area contributed by atoms with Crippen molar-refractivity contribution in [2.75, 3.05) is 24.0 Å². The van der Waals surface area contributed by atoms with E-state index in [1.807, 2.05) is 43.3 Å². The maximum absolute atomic E-state index is 5.42. The van der Waals surface area contributed by atoms with Crippen molar-refractivity contribution in [1.29, 1.82) is 0 Å². The van der Waals surface area contributed by atoms with Gasteiger partial charge in [0.1, 0.15) is 5.82 Å². The van der Waals surface area contributed by atoms with Crippen LogP contribution in [0.15, 0.2) is 48.8 Å². The second-order valence-corrected chi connectivity index (χ2v) is 5.43. The van der Waals surface area contributed by atoms with Crippen molar-refractivity contribution in [2.45, 2.75) is 6.92 Å². The molecule has 2 N–H and O–H groups in total. The highest BCUT2D eigenvalue weighted by molar-refractivity contribution is 5.68. The van der Waals surface area contributed by atoms with Gasteiger partial charge in [-0.15, -0.1) is 0 Å². The molecule has 1 aliphatic rings. The lowest BCUT2D eigenvalue weighted by atomic mass is 10.2. The summed E-state index contributed by atoms with van der Waals surface area (Å²) in [5.74, 6) is 2.71. The highest BCUT2D eigenvalue weighted by atomic mass is 16.7. The fourth-order valence-electron chi connectivity index (χ4n) is 2.53. The molecule has 0 saturated heterocycles. The molecule has 0 amide bonds. The van der Waals surface area contributed by atoms with Crippen LogP contribution in [-0.4, -0.2) is 28.3 Å². The lowest BCUT2D eigenvalue weighted by Gasteiger charge is -2.11. The summed E-state index contributed by atoms with van der Waals surface area (Å²) < 4.78 is 10.8. The van der Waals surface area contributed by atoms with E-state index in [0.717, 1.165) is 35.0 Å². The minimum Gasteiger partial charge on any atom is -0.454 e. The molecule has 0 unspecified atom stereocenters. The molecule has 25 heavy (non-hydrogen) atoms. The van der Waals surface area contributed by atoms with Gasteiger partial charge in [-0.05, 0) is 31.2 Å². The Labute approximate surface area is 145 Å². The number of rotatable bonds is 5. The summed E-state index contributed by atoms with van der Waals surface area (Å²) in [5.41, 5.74) is 2.59. The third-order valence-corrected chi connectivity index (χ3v) is 3.66. The zero-order chi connectivity index (χ0) is 17.1. The van der Waals surface area contributed by atoms with E-state index in [0.29, 0.717) is 11.8 Å². The van der Waals surface area contributed by atoms with E-state index in [2.05, 4.69) is 25.6 Å².